The molecule has 1 heterocycles. The number of nitrogens with two attached hydrogens (primary N) is 1. The first-order valence-corrected chi connectivity index (χ1v) is 5.14. The lowest BCUT2D eigenvalue weighted by molar-refractivity contribution is 1.21. The van der Waals surface area contributed by atoms with Crippen LogP contribution in [0.5, 0.6) is 0 Å². The maximum absolute atomic E-state index is 6.08. The Bertz CT molecular complexity index is 513. The molecule has 0 saturated carbocycles. The molecule has 0 aliphatic rings. The van der Waals surface area contributed by atoms with Gasteiger partial charge in [-0.1, -0.05) is 17.7 Å². The van der Waals surface area contributed by atoms with Gasteiger partial charge in [0.05, 0.1) is 10.7 Å². The number of hydrogen-bond donors (Lipinski definition) is 2. The van der Waals surface area contributed by atoms with Gasteiger partial charge < -0.3 is 11.1 Å². The van der Waals surface area contributed by atoms with Crippen molar-refractivity contribution in [3.8, 4) is 0 Å². The van der Waals surface area contributed by atoms with Gasteiger partial charge in [0.1, 0.15) is 0 Å². The smallest absolute Gasteiger partial charge is 0.173 e. The second-order valence-corrected chi connectivity index (χ2v) is 3.81. The fourth-order valence-electron chi connectivity index (χ4n) is 1.29. The van der Waals surface area contributed by atoms with E-state index < -0.39 is 0 Å². The molecule has 3 N–H and O–H groups in total. The lowest BCUT2D eigenvalue weighted by atomic mass is 10.2. The van der Waals surface area contributed by atoms with E-state index in [0.717, 1.165) is 11.3 Å². The molecule has 2 aromatic rings. The molecule has 0 unspecified atom stereocenters. The van der Waals surface area contributed by atoms with Crippen molar-refractivity contribution in [1.82, 2.24) is 9.97 Å². The maximum atomic E-state index is 6.08. The van der Waals surface area contributed by atoms with Crippen LogP contribution in [-0.4, -0.2) is 9.97 Å². The van der Waals surface area contributed by atoms with Gasteiger partial charge in [0.2, 0.25) is 0 Å². The first kappa shape index (κ1) is 10.7. The van der Waals surface area contributed by atoms with Crippen LogP contribution in [0.25, 0.3) is 0 Å². The Balaban J connectivity index is 2.31. The predicted molar refractivity (Wildman–Crippen MR) is 65.9 cm³/mol. The van der Waals surface area contributed by atoms with Crippen molar-refractivity contribution in [2.75, 3.05) is 11.1 Å². The number of nitrogen functional groups attached to an aromatic ring is 1. The standard InChI is InChI=1S/C11H11ClN4/c1-7-2-3-9(8(12)6-7)16-11-10(13)14-4-5-15-11/h2-6H,1H3,(H2,13,14)(H,15,16). The Hall–Kier alpha value is -1.81. The zero-order valence-electron chi connectivity index (χ0n) is 8.74. The highest BCUT2D eigenvalue weighted by molar-refractivity contribution is 6.33. The van der Waals surface area contributed by atoms with Crippen LogP contribution in [0.4, 0.5) is 17.3 Å². The van der Waals surface area contributed by atoms with Crippen molar-refractivity contribution in [2.45, 2.75) is 6.92 Å². The van der Waals surface area contributed by atoms with E-state index in [1.807, 2.05) is 25.1 Å². The van der Waals surface area contributed by atoms with Crippen molar-refractivity contribution in [3.63, 3.8) is 0 Å². The first-order valence-electron chi connectivity index (χ1n) is 4.76. The Morgan fingerprint density at radius 2 is 2.00 bits per heavy atom. The number of benzene rings is 1. The molecule has 1 aromatic heterocycles. The number of nitrogens with zero attached hydrogens (tertiary/aromatic N) is 2. The maximum Gasteiger partial charge on any atom is 0.173 e. The van der Waals surface area contributed by atoms with Gasteiger partial charge in [0.25, 0.3) is 0 Å². The normalized spacial score (nSPS) is 10.1. The van der Waals surface area contributed by atoms with Crippen molar-refractivity contribution in [2.24, 2.45) is 0 Å². The number of halogens is 1. The fraction of sp³-hybridized carbons (Fsp3) is 0.0909. The van der Waals surface area contributed by atoms with Crippen molar-refractivity contribution >= 4 is 28.9 Å². The molecule has 0 spiro atoms. The Labute approximate surface area is 98.5 Å². The summed E-state index contributed by atoms with van der Waals surface area (Å²) in [5.41, 5.74) is 7.53. The first-order chi connectivity index (χ1) is 7.66. The summed E-state index contributed by atoms with van der Waals surface area (Å²) in [5.74, 6) is 0.854. The van der Waals surface area contributed by atoms with Gasteiger partial charge in [0.15, 0.2) is 11.6 Å². The summed E-state index contributed by atoms with van der Waals surface area (Å²) in [5, 5.41) is 3.67. The molecule has 0 bridgehead atoms. The van der Waals surface area contributed by atoms with Gasteiger partial charge in [0, 0.05) is 12.4 Å². The largest absolute Gasteiger partial charge is 0.381 e. The van der Waals surface area contributed by atoms with Gasteiger partial charge in [-0.15, -0.1) is 0 Å². The minimum absolute atomic E-state index is 0.346. The minimum atomic E-state index is 0.346. The number of aromatic nitrogens is 2. The van der Waals surface area contributed by atoms with E-state index in [-0.39, 0.29) is 0 Å². The van der Waals surface area contributed by atoms with Crippen LogP contribution in [0.3, 0.4) is 0 Å². The second-order valence-electron chi connectivity index (χ2n) is 3.40. The third-order valence-corrected chi connectivity index (χ3v) is 2.42. The Morgan fingerprint density at radius 1 is 1.25 bits per heavy atom. The summed E-state index contributed by atoms with van der Waals surface area (Å²) in [7, 11) is 0. The SMILES string of the molecule is Cc1ccc(Nc2nccnc2N)c(Cl)c1. The Kier molecular flexibility index (Phi) is 2.92. The number of anilines is 3. The molecular formula is C11H11ClN4. The quantitative estimate of drug-likeness (QED) is 0.839. The van der Waals surface area contributed by atoms with Crippen LogP contribution in [0.1, 0.15) is 5.56 Å². The van der Waals surface area contributed by atoms with Crippen LogP contribution in [-0.2, 0) is 0 Å². The van der Waals surface area contributed by atoms with Crippen LogP contribution in [0.15, 0.2) is 30.6 Å². The molecule has 0 fully saturated rings. The molecule has 0 aliphatic carbocycles. The van der Waals surface area contributed by atoms with Gasteiger partial charge in [-0.05, 0) is 24.6 Å². The zero-order valence-corrected chi connectivity index (χ0v) is 9.49. The molecule has 1 aromatic carbocycles. The van der Waals surface area contributed by atoms with E-state index >= 15 is 0 Å². The number of rotatable bonds is 2. The van der Waals surface area contributed by atoms with Gasteiger partial charge in [-0.3, -0.25) is 0 Å². The molecule has 0 atom stereocenters. The van der Waals surface area contributed by atoms with Gasteiger partial charge >= 0.3 is 0 Å². The Morgan fingerprint density at radius 3 is 2.69 bits per heavy atom. The van der Waals surface area contributed by atoms with Crippen LogP contribution < -0.4 is 11.1 Å². The zero-order chi connectivity index (χ0) is 11.5. The highest BCUT2D eigenvalue weighted by Crippen LogP contribution is 2.26. The topological polar surface area (TPSA) is 63.8 Å². The number of aryl methyl sites for hydroxylation is 1. The van der Waals surface area contributed by atoms with Crippen LogP contribution in [0.2, 0.25) is 5.02 Å². The van der Waals surface area contributed by atoms with Crippen molar-refractivity contribution in [1.29, 1.82) is 0 Å². The molecule has 0 aliphatic heterocycles. The summed E-state index contributed by atoms with van der Waals surface area (Å²) >= 11 is 6.08. The molecule has 16 heavy (non-hydrogen) atoms. The highest BCUT2D eigenvalue weighted by Gasteiger charge is 2.04. The van der Waals surface area contributed by atoms with E-state index in [1.54, 1.807) is 6.20 Å². The summed E-state index contributed by atoms with van der Waals surface area (Å²) < 4.78 is 0. The molecule has 0 saturated heterocycles. The van der Waals surface area contributed by atoms with Crippen LogP contribution in [0, 0.1) is 6.92 Å². The van der Waals surface area contributed by atoms with E-state index in [2.05, 4.69) is 15.3 Å². The fourth-order valence-corrected chi connectivity index (χ4v) is 1.58. The van der Waals surface area contributed by atoms with Gasteiger partial charge in [-0.2, -0.15) is 0 Å². The predicted octanol–water partition coefficient (Wildman–Crippen LogP) is 2.76. The summed E-state index contributed by atoms with van der Waals surface area (Å²) in [6.45, 7) is 1.98. The molecule has 0 amide bonds. The molecule has 0 radical (unpaired) electrons. The lowest BCUT2D eigenvalue weighted by Gasteiger charge is -2.09. The summed E-state index contributed by atoms with van der Waals surface area (Å²) in [6, 6.07) is 5.71. The monoisotopic (exact) mass is 234 g/mol. The van der Waals surface area contributed by atoms with Gasteiger partial charge in [-0.25, -0.2) is 9.97 Å². The minimum Gasteiger partial charge on any atom is -0.381 e. The lowest BCUT2D eigenvalue weighted by Crippen LogP contribution is -2.01. The van der Waals surface area contributed by atoms with Crippen molar-refractivity contribution < 1.29 is 0 Å². The van der Waals surface area contributed by atoms with E-state index in [9.17, 15) is 0 Å². The summed E-state index contributed by atoms with van der Waals surface area (Å²) in [6.07, 6.45) is 3.11. The highest BCUT2D eigenvalue weighted by atomic mass is 35.5. The average Bonchev–Trinajstić information content (AvgIpc) is 2.25. The third-order valence-electron chi connectivity index (χ3n) is 2.10. The summed E-state index contributed by atoms with van der Waals surface area (Å²) in [4.78, 5) is 8.01. The molecule has 5 heteroatoms. The number of nitrogens with one attached hydrogen (secondary N) is 1. The van der Waals surface area contributed by atoms with Crippen molar-refractivity contribution in [3.05, 3.63) is 41.2 Å². The second kappa shape index (κ2) is 4.37. The average molecular weight is 235 g/mol. The number of hydrogen-bond acceptors (Lipinski definition) is 4. The molecule has 2 rings (SSSR count). The third kappa shape index (κ3) is 2.23. The van der Waals surface area contributed by atoms with E-state index in [0.29, 0.717) is 16.7 Å². The molecule has 4 nitrogen and oxygen atoms in total. The molecular weight excluding hydrogens is 224 g/mol. The molecule has 82 valence electrons. The van der Waals surface area contributed by atoms with E-state index in [4.69, 9.17) is 17.3 Å². The van der Waals surface area contributed by atoms with E-state index in [1.165, 1.54) is 6.20 Å². The van der Waals surface area contributed by atoms with Crippen LogP contribution >= 0.6 is 11.6 Å².